The molecule has 4 heteroatoms. The Kier molecular flexibility index (Phi) is 4.67. The Balaban J connectivity index is 1.69. The van der Waals surface area contributed by atoms with Crippen molar-refractivity contribution in [1.29, 1.82) is 0 Å². The summed E-state index contributed by atoms with van der Waals surface area (Å²) >= 11 is 0. The van der Waals surface area contributed by atoms with Crippen LogP contribution >= 0.6 is 0 Å². The predicted octanol–water partition coefficient (Wildman–Crippen LogP) is 2.73. The zero-order valence-electron chi connectivity index (χ0n) is 13.8. The van der Waals surface area contributed by atoms with Crippen molar-refractivity contribution in [2.75, 3.05) is 43.5 Å². The van der Waals surface area contributed by atoms with Crippen molar-refractivity contribution < 1.29 is 4.79 Å². The van der Waals surface area contributed by atoms with Crippen LogP contribution in [0.2, 0.25) is 0 Å². The summed E-state index contributed by atoms with van der Waals surface area (Å²) in [6.07, 6.45) is 5.37. The minimum atomic E-state index is 0.268. The van der Waals surface area contributed by atoms with Gasteiger partial charge >= 0.3 is 0 Å². The van der Waals surface area contributed by atoms with Gasteiger partial charge in [-0.2, -0.15) is 0 Å². The smallest absolute Gasteiger partial charge is 0.226 e. The van der Waals surface area contributed by atoms with E-state index in [1.807, 2.05) is 4.90 Å². The van der Waals surface area contributed by atoms with E-state index in [0.717, 1.165) is 38.2 Å². The topological polar surface area (TPSA) is 26.8 Å². The molecular weight excluding hydrogens is 274 g/mol. The summed E-state index contributed by atoms with van der Waals surface area (Å²) in [4.78, 5) is 18.7. The molecule has 1 atom stereocenters. The van der Waals surface area contributed by atoms with Gasteiger partial charge in [-0.1, -0.05) is 0 Å². The molecule has 0 aliphatic carbocycles. The van der Waals surface area contributed by atoms with Gasteiger partial charge < -0.3 is 14.7 Å². The van der Waals surface area contributed by atoms with Crippen molar-refractivity contribution in [1.82, 2.24) is 4.90 Å². The lowest BCUT2D eigenvalue weighted by molar-refractivity contribution is -0.119. The van der Waals surface area contributed by atoms with Gasteiger partial charge in [0.25, 0.3) is 0 Å². The molecule has 2 saturated heterocycles. The number of nitrogens with zero attached hydrogens (tertiary/aromatic N) is 3. The molecular formula is C18H27N3O. The predicted molar refractivity (Wildman–Crippen MR) is 91.6 cm³/mol. The van der Waals surface area contributed by atoms with Crippen molar-refractivity contribution in [2.45, 2.75) is 38.1 Å². The van der Waals surface area contributed by atoms with E-state index >= 15 is 0 Å². The van der Waals surface area contributed by atoms with Crippen molar-refractivity contribution in [2.24, 2.45) is 0 Å². The SMILES string of the molecule is CN(C)C1CCCN(c2ccc(N3CCCCC3=O)cc2)C1. The first kappa shape index (κ1) is 15.3. The van der Waals surface area contributed by atoms with Crippen LogP contribution < -0.4 is 9.80 Å². The van der Waals surface area contributed by atoms with E-state index in [1.165, 1.54) is 18.5 Å². The third-order valence-electron chi connectivity index (χ3n) is 4.98. The molecule has 3 rings (SSSR count). The maximum atomic E-state index is 12.0. The molecule has 4 nitrogen and oxygen atoms in total. The standard InChI is InChI=1S/C18H27N3O/c1-19(2)17-6-5-12-20(14-17)15-8-10-16(11-9-15)21-13-4-3-7-18(21)22/h8-11,17H,3-7,12-14H2,1-2H3. The minimum absolute atomic E-state index is 0.268. The fourth-order valence-corrected chi connectivity index (χ4v) is 3.53. The summed E-state index contributed by atoms with van der Waals surface area (Å²) in [5.41, 5.74) is 2.33. The molecule has 2 aliphatic rings. The molecule has 0 bridgehead atoms. The van der Waals surface area contributed by atoms with E-state index in [4.69, 9.17) is 0 Å². The second kappa shape index (κ2) is 6.69. The average molecular weight is 301 g/mol. The van der Waals surface area contributed by atoms with Crippen LogP contribution in [0.4, 0.5) is 11.4 Å². The third-order valence-corrected chi connectivity index (χ3v) is 4.98. The molecule has 1 unspecified atom stereocenters. The molecule has 0 N–H and O–H groups in total. The highest BCUT2D eigenvalue weighted by atomic mass is 16.2. The van der Waals surface area contributed by atoms with E-state index < -0.39 is 0 Å². The Hall–Kier alpha value is -1.55. The van der Waals surface area contributed by atoms with Gasteiger partial charge in [0.05, 0.1) is 0 Å². The van der Waals surface area contributed by atoms with Gasteiger partial charge in [0, 0.05) is 43.5 Å². The number of anilines is 2. The highest BCUT2D eigenvalue weighted by molar-refractivity contribution is 5.94. The van der Waals surface area contributed by atoms with E-state index in [2.05, 4.69) is 48.2 Å². The molecule has 0 radical (unpaired) electrons. The Labute approximate surface area is 133 Å². The molecule has 120 valence electrons. The van der Waals surface area contributed by atoms with Crippen molar-refractivity contribution >= 4 is 17.3 Å². The van der Waals surface area contributed by atoms with E-state index in [1.54, 1.807) is 0 Å². The van der Waals surface area contributed by atoms with Crippen LogP contribution in [-0.4, -0.2) is 50.6 Å². The quantitative estimate of drug-likeness (QED) is 0.859. The first-order chi connectivity index (χ1) is 10.6. The van der Waals surface area contributed by atoms with Crippen LogP contribution in [0.3, 0.4) is 0 Å². The summed E-state index contributed by atoms with van der Waals surface area (Å²) in [5, 5.41) is 0. The lowest BCUT2D eigenvalue weighted by atomic mass is 10.0. The molecule has 2 aliphatic heterocycles. The fourth-order valence-electron chi connectivity index (χ4n) is 3.53. The second-order valence-corrected chi connectivity index (χ2v) is 6.72. The molecule has 0 aromatic heterocycles. The number of benzene rings is 1. The monoisotopic (exact) mass is 301 g/mol. The summed E-state index contributed by atoms with van der Waals surface area (Å²) in [6, 6.07) is 9.21. The molecule has 1 aromatic carbocycles. The molecule has 2 fully saturated rings. The van der Waals surface area contributed by atoms with Crippen molar-refractivity contribution in [3.8, 4) is 0 Å². The van der Waals surface area contributed by atoms with Crippen LogP contribution in [0.5, 0.6) is 0 Å². The van der Waals surface area contributed by atoms with Gasteiger partial charge in [0.2, 0.25) is 5.91 Å². The van der Waals surface area contributed by atoms with Gasteiger partial charge in [-0.25, -0.2) is 0 Å². The van der Waals surface area contributed by atoms with Crippen LogP contribution in [0.25, 0.3) is 0 Å². The number of carbonyl (C=O) groups is 1. The summed E-state index contributed by atoms with van der Waals surface area (Å²) < 4.78 is 0. The number of piperidine rings is 2. The lowest BCUT2D eigenvalue weighted by Crippen LogP contribution is -2.45. The van der Waals surface area contributed by atoms with Gasteiger partial charge in [-0.15, -0.1) is 0 Å². The van der Waals surface area contributed by atoms with Crippen LogP contribution in [0, 0.1) is 0 Å². The average Bonchev–Trinajstić information content (AvgIpc) is 2.56. The first-order valence-electron chi connectivity index (χ1n) is 8.47. The number of rotatable bonds is 3. The summed E-state index contributed by atoms with van der Waals surface area (Å²) in [5.74, 6) is 0.268. The third kappa shape index (κ3) is 3.27. The van der Waals surface area contributed by atoms with E-state index in [-0.39, 0.29) is 5.91 Å². The molecule has 0 spiro atoms. The van der Waals surface area contributed by atoms with Gasteiger partial charge in [-0.3, -0.25) is 4.79 Å². The highest BCUT2D eigenvalue weighted by Crippen LogP contribution is 2.26. The highest BCUT2D eigenvalue weighted by Gasteiger charge is 2.23. The maximum absolute atomic E-state index is 12.0. The summed E-state index contributed by atoms with van der Waals surface area (Å²) in [7, 11) is 4.33. The fraction of sp³-hybridized carbons (Fsp3) is 0.611. The van der Waals surface area contributed by atoms with Crippen molar-refractivity contribution in [3.63, 3.8) is 0 Å². The number of hydrogen-bond donors (Lipinski definition) is 0. The molecule has 2 heterocycles. The summed E-state index contributed by atoms with van der Waals surface area (Å²) in [6.45, 7) is 3.09. The largest absolute Gasteiger partial charge is 0.370 e. The van der Waals surface area contributed by atoms with Gasteiger partial charge in [-0.05, 0) is 64.0 Å². The molecule has 1 aromatic rings. The Morgan fingerprint density at radius 1 is 1.00 bits per heavy atom. The normalized spacial score (nSPS) is 23.2. The number of hydrogen-bond acceptors (Lipinski definition) is 3. The van der Waals surface area contributed by atoms with Gasteiger partial charge in [0.15, 0.2) is 0 Å². The minimum Gasteiger partial charge on any atom is -0.370 e. The Morgan fingerprint density at radius 2 is 1.73 bits per heavy atom. The van der Waals surface area contributed by atoms with Gasteiger partial charge in [0.1, 0.15) is 0 Å². The number of amides is 1. The lowest BCUT2D eigenvalue weighted by Gasteiger charge is -2.37. The molecule has 0 saturated carbocycles. The van der Waals surface area contributed by atoms with Crippen LogP contribution in [0.1, 0.15) is 32.1 Å². The second-order valence-electron chi connectivity index (χ2n) is 6.72. The van der Waals surface area contributed by atoms with E-state index in [9.17, 15) is 4.79 Å². The zero-order valence-corrected chi connectivity index (χ0v) is 13.8. The van der Waals surface area contributed by atoms with E-state index in [0.29, 0.717) is 12.5 Å². The number of likely N-dealkylation sites (N-methyl/N-ethyl adjacent to an activating group) is 1. The first-order valence-corrected chi connectivity index (χ1v) is 8.47. The Morgan fingerprint density at radius 3 is 2.41 bits per heavy atom. The van der Waals surface area contributed by atoms with Crippen molar-refractivity contribution in [3.05, 3.63) is 24.3 Å². The molecule has 1 amide bonds. The zero-order chi connectivity index (χ0) is 15.5. The number of carbonyl (C=O) groups excluding carboxylic acids is 1. The maximum Gasteiger partial charge on any atom is 0.226 e. The molecule has 22 heavy (non-hydrogen) atoms. The van der Waals surface area contributed by atoms with Crippen LogP contribution in [-0.2, 0) is 4.79 Å². The Bertz CT molecular complexity index is 512. The van der Waals surface area contributed by atoms with Crippen LogP contribution in [0.15, 0.2) is 24.3 Å².